The van der Waals surface area contributed by atoms with E-state index in [1.165, 1.54) is 23.0 Å². The van der Waals surface area contributed by atoms with Crippen LogP contribution >= 0.6 is 0 Å². The van der Waals surface area contributed by atoms with E-state index in [0.29, 0.717) is 17.3 Å². The molecule has 0 saturated carbocycles. The first-order valence-corrected chi connectivity index (χ1v) is 11.3. The first kappa shape index (κ1) is 22.2. The Bertz CT molecular complexity index is 1470. The summed E-state index contributed by atoms with van der Waals surface area (Å²) in [4.78, 5) is 15.8. The molecule has 0 aliphatic carbocycles. The van der Waals surface area contributed by atoms with Crippen molar-refractivity contribution in [1.82, 2.24) is 9.55 Å². The number of pyridine rings is 1. The van der Waals surface area contributed by atoms with Gasteiger partial charge in [0.1, 0.15) is 23.2 Å². The predicted molar refractivity (Wildman–Crippen MR) is 117 cm³/mol. The van der Waals surface area contributed by atoms with Gasteiger partial charge in [0, 0.05) is 25.0 Å². The van der Waals surface area contributed by atoms with Gasteiger partial charge in [-0.1, -0.05) is 18.2 Å². The van der Waals surface area contributed by atoms with Crippen molar-refractivity contribution in [2.75, 3.05) is 11.1 Å². The first-order chi connectivity index (χ1) is 15.8. The number of carbonyl (C=O) groups excluding carboxylic acids is 1. The summed E-state index contributed by atoms with van der Waals surface area (Å²) in [6.45, 7) is 0.0679. The number of rotatable bonds is 7. The molecule has 33 heavy (non-hydrogen) atoms. The van der Waals surface area contributed by atoms with E-state index in [1.54, 1.807) is 36.4 Å². The van der Waals surface area contributed by atoms with E-state index >= 15 is 0 Å². The van der Waals surface area contributed by atoms with Crippen molar-refractivity contribution in [3.63, 3.8) is 0 Å². The number of hydrogen-bond donors (Lipinski definition) is 2. The molecule has 4 rings (SSSR count). The molecule has 0 radical (unpaired) electrons. The number of amides is 1. The van der Waals surface area contributed by atoms with Crippen LogP contribution in [0, 0.1) is 17.2 Å². The highest BCUT2D eigenvalue weighted by molar-refractivity contribution is 7.92. The number of nitrogens with zero attached hydrogens (tertiary/aromatic N) is 3. The maximum atomic E-state index is 14.7. The molecule has 0 aliphatic rings. The summed E-state index contributed by atoms with van der Waals surface area (Å²) in [7, 11) is -4.30. The zero-order valence-corrected chi connectivity index (χ0v) is 17.8. The lowest BCUT2D eigenvalue weighted by atomic mass is 10.2. The number of halogens is 2. The molecule has 2 heterocycles. The van der Waals surface area contributed by atoms with Gasteiger partial charge in [-0.2, -0.15) is 5.11 Å². The molecule has 8 nitrogen and oxygen atoms in total. The molecule has 0 saturated heterocycles. The van der Waals surface area contributed by atoms with E-state index in [2.05, 4.69) is 15.4 Å². The summed E-state index contributed by atoms with van der Waals surface area (Å²) >= 11 is 0. The van der Waals surface area contributed by atoms with Crippen LogP contribution in [-0.4, -0.2) is 29.6 Å². The largest absolute Gasteiger partial charge is 0.342 e. The van der Waals surface area contributed by atoms with Gasteiger partial charge in [0.25, 0.3) is 0 Å². The molecule has 0 unspecified atom stereocenters. The second kappa shape index (κ2) is 8.87. The molecular weight excluding hydrogens is 452 g/mol. The normalized spacial score (nSPS) is 11.5. The summed E-state index contributed by atoms with van der Waals surface area (Å²) in [6, 6.07) is 13.0. The van der Waals surface area contributed by atoms with Gasteiger partial charge in [-0.05, 0) is 35.9 Å². The molecule has 11 heteroatoms. The SMILES string of the molecule is N=Nc1cccc(Cn2cc(S(=O)(=O)CC(=O)Nc3ccccn3)c3c(F)cc(F)cc32)c1. The van der Waals surface area contributed by atoms with Crippen LogP contribution in [-0.2, 0) is 21.2 Å². The van der Waals surface area contributed by atoms with Crippen molar-refractivity contribution in [1.29, 1.82) is 5.53 Å². The minimum Gasteiger partial charge on any atom is -0.342 e. The number of sulfone groups is 1. The van der Waals surface area contributed by atoms with E-state index in [4.69, 9.17) is 5.53 Å². The van der Waals surface area contributed by atoms with Crippen LogP contribution in [0.25, 0.3) is 10.9 Å². The molecule has 0 spiro atoms. The number of nitrogens with one attached hydrogen (secondary N) is 2. The summed E-state index contributed by atoms with van der Waals surface area (Å²) in [5, 5.41) is 5.43. The Balaban J connectivity index is 1.73. The van der Waals surface area contributed by atoms with E-state index in [0.717, 1.165) is 6.07 Å². The van der Waals surface area contributed by atoms with Crippen LogP contribution in [0.4, 0.5) is 20.3 Å². The fourth-order valence-corrected chi connectivity index (χ4v) is 4.83. The predicted octanol–water partition coefficient (Wildman–Crippen LogP) is 4.44. The van der Waals surface area contributed by atoms with E-state index in [9.17, 15) is 22.0 Å². The van der Waals surface area contributed by atoms with Crippen molar-refractivity contribution < 1.29 is 22.0 Å². The lowest BCUT2D eigenvalue weighted by Gasteiger charge is -2.06. The maximum absolute atomic E-state index is 14.7. The summed E-state index contributed by atoms with van der Waals surface area (Å²) < 4.78 is 56.2. The van der Waals surface area contributed by atoms with E-state index in [1.807, 2.05) is 0 Å². The van der Waals surface area contributed by atoms with E-state index < -0.39 is 38.0 Å². The molecule has 0 bridgehead atoms. The summed E-state index contributed by atoms with van der Waals surface area (Å²) in [5.41, 5.74) is 8.17. The second-order valence-electron chi connectivity index (χ2n) is 7.21. The van der Waals surface area contributed by atoms with Crippen LogP contribution in [0.3, 0.4) is 0 Å². The average molecular weight is 469 g/mol. The monoisotopic (exact) mass is 469 g/mol. The third-order valence-corrected chi connectivity index (χ3v) is 6.47. The highest BCUT2D eigenvalue weighted by Crippen LogP contribution is 2.31. The zero-order chi connectivity index (χ0) is 23.6. The molecule has 0 atom stereocenters. The quantitative estimate of drug-likeness (QED) is 0.389. The lowest BCUT2D eigenvalue weighted by Crippen LogP contribution is -2.23. The lowest BCUT2D eigenvalue weighted by molar-refractivity contribution is -0.113. The van der Waals surface area contributed by atoms with Gasteiger partial charge in [-0.3, -0.25) is 4.79 Å². The van der Waals surface area contributed by atoms with Crippen molar-refractivity contribution in [2.24, 2.45) is 5.11 Å². The number of anilines is 1. The minimum atomic E-state index is -4.30. The third-order valence-electron chi connectivity index (χ3n) is 4.84. The Morgan fingerprint density at radius 3 is 2.67 bits per heavy atom. The van der Waals surface area contributed by atoms with Gasteiger partial charge in [-0.25, -0.2) is 27.7 Å². The van der Waals surface area contributed by atoms with Gasteiger partial charge >= 0.3 is 0 Å². The highest BCUT2D eigenvalue weighted by atomic mass is 32.2. The molecule has 2 aromatic heterocycles. The van der Waals surface area contributed by atoms with Crippen molar-refractivity contribution in [2.45, 2.75) is 11.4 Å². The topological polar surface area (TPSA) is 117 Å². The number of carbonyl (C=O) groups is 1. The maximum Gasteiger partial charge on any atom is 0.241 e. The van der Waals surface area contributed by atoms with Gasteiger partial charge < -0.3 is 9.88 Å². The fraction of sp³-hybridized carbons (Fsp3) is 0.0909. The number of hydrogen-bond acceptors (Lipinski definition) is 6. The van der Waals surface area contributed by atoms with Crippen LogP contribution < -0.4 is 5.32 Å². The van der Waals surface area contributed by atoms with Gasteiger partial charge in [-0.15, -0.1) is 0 Å². The van der Waals surface area contributed by atoms with Gasteiger partial charge in [0.15, 0.2) is 9.84 Å². The Morgan fingerprint density at radius 1 is 1.12 bits per heavy atom. The molecule has 4 aromatic rings. The molecular formula is C22H17F2N5O3S. The molecule has 168 valence electrons. The average Bonchev–Trinajstić information content (AvgIpc) is 3.13. The smallest absolute Gasteiger partial charge is 0.241 e. The number of aromatic nitrogens is 2. The van der Waals surface area contributed by atoms with Crippen LogP contribution in [0.2, 0.25) is 0 Å². The Morgan fingerprint density at radius 2 is 1.94 bits per heavy atom. The Labute approximate surface area is 187 Å². The van der Waals surface area contributed by atoms with Crippen LogP contribution in [0.15, 0.2) is 77.0 Å². The minimum absolute atomic E-state index is 0.0180. The zero-order valence-electron chi connectivity index (χ0n) is 17.0. The standard InChI is InChI=1S/C22H17F2N5O3S/c23-15-9-17(24)22-18(10-15)29(11-14-4-3-5-16(8-14)28-25)12-19(22)33(31,32)13-21(30)27-20-6-1-2-7-26-20/h1-10,12,25H,11,13H2,(H,26,27,30). The van der Waals surface area contributed by atoms with Crippen molar-refractivity contribution in [3.8, 4) is 0 Å². The molecule has 1 amide bonds. The molecule has 2 N–H and O–H groups in total. The highest BCUT2D eigenvalue weighted by Gasteiger charge is 2.27. The summed E-state index contributed by atoms with van der Waals surface area (Å²) in [6.07, 6.45) is 2.62. The van der Waals surface area contributed by atoms with Crippen LogP contribution in [0.5, 0.6) is 0 Å². The third kappa shape index (κ3) is 4.77. The van der Waals surface area contributed by atoms with E-state index in [-0.39, 0.29) is 23.3 Å². The number of fused-ring (bicyclic) bond motifs is 1. The molecule has 2 aromatic carbocycles. The van der Waals surface area contributed by atoms with Gasteiger partial charge in [0.05, 0.1) is 21.5 Å². The second-order valence-corrected chi connectivity index (χ2v) is 9.16. The Kier molecular flexibility index (Phi) is 5.97. The molecule has 0 aliphatic heterocycles. The summed E-state index contributed by atoms with van der Waals surface area (Å²) in [5.74, 6) is -3.55. The van der Waals surface area contributed by atoms with Crippen molar-refractivity contribution >= 4 is 38.2 Å². The van der Waals surface area contributed by atoms with Gasteiger partial charge in [0.2, 0.25) is 5.91 Å². The first-order valence-electron chi connectivity index (χ1n) is 9.65. The van der Waals surface area contributed by atoms with Crippen molar-refractivity contribution in [3.05, 3.63) is 84.2 Å². The van der Waals surface area contributed by atoms with Crippen LogP contribution in [0.1, 0.15) is 5.56 Å². The Hall–Kier alpha value is -3.99. The molecule has 0 fully saturated rings. The fourth-order valence-electron chi connectivity index (χ4n) is 3.46. The number of benzene rings is 2.